The second-order valence-corrected chi connectivity index (χ2v) is 2.98. The van der Waals surface area contributed by atoms with Crippen molar-refractivity contribution in [2.45, 2.75) is 0 Å². The minimum absolute atomic E-state index is 0.229. The highest BCUT2D eigenvalue weighted by Gasteiger charge is 2.08. The lowest BCUT2D eigenvalue weighted by Crippen LogP contribution is -2.27. The van der Waals surface area contributed by atoms with E-state index in [9.17, 15) is 9.59 Å². The highest BCUT2D eigenvalue weighted by molar-refractivity contribution is 14.1. The van der Waals surface area contributed by atoms with Crippen molar-refractivity contribution in [1.29, 1.82) is 0 Å². The summed E-state index contributed by atoms with van der Waals surface area (Å²) in [5, 5.41) is 0. The molecule has 0 aliphatic rings. The quantitative estimate of drug-likeness (QED) is 0.584. The van der Waals surface area contributed by atoms with Gasteiger partial charge in [0.25, 0.3) is 5.56 Å². The van der Waals surface area contributed by atoms with Crippen LogP contribution in [0.2, 0.25) is 0 Å². The van der Waals surface area contributed by atoms with Gasteiger partial charge in [0, 0.05) is 28.7 Å². The zero-order chi connectivity index (χ0) is 9.14. The third-order valence-electron chi connectivity index (χ3n) is 1.30. The lowest BCUT2D eigenvalue weighted by Gasteiger charge is -2.05. The second-order valence-electron chi connectivity index (χ2n) is 2.00. The van der Waals surface area contributed by atoms with Crippen molar-refractivity contribution in [3.63, 3.8) is 0 Å². The minimum atomic E-state index is -0.347. The van der Waals surface area contributed by atoms with Gasteiger partial charge in [0.15, 0.2) is 0 Å². The van der Waals surface area contributed by atoms with Gasteiger partial charge in [0.1, 0.15) is 12.8 Å². The molecule has 0 unspecified atom stereocenters. The van der Waals surface area contributed by atoms with Crippen LogP contribution >= 0.6 is 22.6 Å². The van der Waals surface area contributed by atoms with Gasteiger partial charge in [-0.2, -0.15) is 0 Å². The minimum Gasteiger partial charge on any atom is -0.413 e. The fraction of sp³-hybridized carbons (Fsp3) is 0.143. The Bertz CT molecular complexity index is 358. The van der Waals surface area contributed by atoms with Crippen molar-refractivity contribution < 1.29 is 9.63 Å². The van der Waals surface area contributed by atoms with Crippen LogP contribution < -0.4 is 10.4 Å². The van der Waals surface area contributed by atoms with Gasteiger partial charge < -0.3 is 4.84 Å². The Morgan fingerprint density at radius 3 is 2.67 bits per heavy atom. The molecule has 0 radical (unpaired) electrons. The Labute approximate surface area is 82.2 Å². The van der Waals surface area contributed by atoms with Crippen LogP contribution in [0.5, 0.6) is 0 Å². The van der Waals surface area contributed by atoms with Gasteiger partial charge in [0.2, 0.25) is 3.79 Å². The molecule has 0 amide bonds. The number of carbonyl (C=O) groups excluding carboxylic acids is 1. The maximum absolute atomic E-state index is 11.1. The number of hydrogen-bond acceptors (Lipinski definition) is 3. The zero-order valence-electron chi connectivity index (χ0n) is 6.28. The van der Waals surface area contributed by atoms with Gasteiger partial charge in [-0.1, -0.05) is 6.07 Å². The van der Waals surface area contributed by atoms with E-state index in [0.29, 0.717) is 0 Å². The van der Waals surface area contributed by atoms with Crippen molar-refractivity contribution in [2.75, 3.05) is 7.11 Å². The summed E-state index contributed by atoms with van der Waals surface area (Å²) in [5.74, 6) is 0. The Morgan fingerprint density at radius 1 is 1.58 bits per heavy atom. The molecule has 0 saturated heterocycles. The number of nitrogens with zero attached hydrogens (tertiary/aromatic N) is 1. The molecule has 0 aromatic carbocycles. The molecule has 1 heterocycles. The van der Waals surface area contributed by atoms with E-state index in [1.165, 1.54) is 25.3 Å². The third kappa shape index (κ3) is 1.66. The summed E-state index contributed by atoms with van der Waals surface area (Å²) < 4.78 is 0.724. The summed E-state index contributed by atoms with van der Waals surface area (Å²) in [4.78, 5) is 26.7. The average Bonchev–Trinajstić information content (AvgIpc) is 2.03. The van der Waals surface area contributed by atoms with Gasteiger partial charge in [-0.3, -0.25) is 9.59 Å². The van der Waals surface area contributed by atoms with E-state index in [4.69, 9.17) is 4.84 Å². The lowest BCUT2D eigenvalue weighted by molar-refractivity contribution is 0.103. The third-order valence-corrected chi connectivity index (χ3v) is 1.85. The number of rotatable bonds is 2. The normalized spacial score (nSPS) is 9.50. The summed E-state index contributed by atoms with van der Waals surface area (Å²) in [6.45, 7) is 0. The van der Waals surface area contributed by atoms with E-state index >= 15 is 0 Å². The molecule has 0 N–H and O–H groups in total. The van der Waals surface area contributed by atoms with E-state index in [1.807, 2.05) is 0 Å². The summed E-state index contributed by atoms with van der Waals surface area (Å²) in [6, 6.07) is 4.37. The average molecular weight is 279 g/mol. The molecule has 64 valence electrons. The van der Waals surface area contributed by atoms with Crippen LogP contribution in [0.3, 0.4) is 0 Å². The molecule has 1 aromatic heterocycles. The SMILES string of the molecule is COn1c(C(=O)I)cccc1=O. The van der Waals surface area contributed by atoms with E-state index in [-0.39, 0.29) is 15.0 Å². The fourth-order valence-electron chi connectivity index (χ4n) is 0.809. The van der Waals surface area contributed by atoms with Crippen LogP contribution in [0.1, 0.15) is 10.5 Å². The molecular formula is C7H6INO3. The van der Waals surface area contributed by atoms with Gasteiger partial charge in [-0.15, -0.1) is 4.73 Å². The van der Waals surface area contributed by atoms with Crippen molar-refractivity contribution in [1.82, 2.24) is 4.73 Å². The van der Waals surface area contributed by atoms with Gasteiger partial charge in [0.05, 0.1) is 0 Å². The Kier molecular flexibility index (Phi) is 2.85. The first kappa shape index (κ1) is 9.24. The predicted octanol–water partition coefficient (Wildman–Crippen LogP) is 0.482. The summed E-state index contributed by atoms with van der Waals surface area (Å²) in [7, 11) is 1.34. The standard InChI is InChI=1S/C7H6INO3/c1-12-9-5(7(8)11)3-2-4-6(9)10/h2-4H,1H3. The molecule has 0 fully saturated rings. The van der Waals surface area contributed by atoms with Crippen molar-refractivity contribution >= 4 is 26.4 Å². The highest BCUT2D eigenvalue weighted by atomic mass is 127. The smallest absolute Gasteiger partial charge is 0.283 e. The van der Waals surface area contributed by atoms with Crippen molar-refractivity contribution in [2.24, 2.45) is 0 Å². The summed E-state index contributed by atoms with van der Waals surface area (Å²) >= 11 is 1.60. The van der Waals surface area contributed by atoms with Crippen LogP contribution in [-0.2, 0) is 0 Å². The fourth-order valence-corrected chi connectivity index (χ4v) is 1.21. The molecule has 5 heteroatoms. The molecule has 0 aliphatic heterocycles. The second kappa shape index (κ2) is 3.70. The summed E-state index contributed by atoms with van der Waals surface area (Å²) in [5.41, 5.74) is -0.106. The van der Waals surface area contributed by atoms with Crippen LogP contribution in [0, 0.1) is 0 Å². The van der Waals surface area contributed by atoms with Gasteiger partial charge in [-0.05, 0) is 6.07 Å². The van der Waals surface area contributed by atoms with Crippen LogP contribution in [0.25, 0.3) is 0 Å². The van der Waals surface area contributed by atoms with Crippen LogP contribution in [0.15, 0.2) is 23.0 Å². The predicted molar refractivity (Wildman–Crippen MR) is 51.6 cm³/mol. The number of halogens is 1. The lowest BCUT2D eigenvalue weighted by atomic mass is 10.4. The molecule has 1 aromatic rings. The van der Waals surface area contributed by atoms with Crippen molar-refractivity contribution in [3.05, 3.63) is 34.2 Å². The molecule has 0 spiro atoms. The van der Waals surface area contributed by atoms with Crippen molar-refractivity contribution in [3.8, 4) is 0 Å². The maximum Gasteiger partial charge on any atom is 0.283 e. The monoisotopic (exact) mass is 279 g/mol. The number of hydrogen-bond donors (Lipinski definition) is 0. The van der Waals surface area contributed by atoms with E-state index in [2.05, 4.69) is 0 Å². The molecule has 0 bridgehead atoms. The van der Waals surface area contributed by atoms with Crippen LogP contribution in [-0.4, -0.2) is 15.6 Å². The van der Waals surface area contributed by atoms with E-state index < -0.39 is 0 Å². The molecule has 0 atom stereocenters. The zero-order valence-corrected chi connectivity index (χ0v) is 8.44. The number of carbonyl (C=O) groups is 1. The van der Waals surface area contributed by atoms with Gasteiger partial charge >= 0.3 is 0 Å². The Balaban J connectivity index is 3.38. The van der Waals surface area contributed by atoms with E-state index in [1.54, 1.807) is 22.6 Å². The molecule has 1 rings (SSSR count). The number of aromatic nitrogens is 1. The number of pyridine rings is 1. The van der Waals surface area contributed by atoms with Gasteiger partial charge in [-0.25, -0.2) is 0 Å². The van der Waals surface area contributed by atoms with E-state index in [0.717, 1.165) is 4.73 Å². The topological polar surface area (TPSA) is 48.3 Å². The molecule has 0 aliphatic carbocycles. The summed E-state index contributed by atoms with van der Waals surface area (Å²) in [6.07, 6.45) is 0. The first-order valence-corrected chi connectivity index (χ1v) is 4.21. The Hall–Kier alpha value is -0.850. The first-order chi connectivity index (χ1) is 5.66. The molecule has 0 saturated carbocycles. The highest BCUT2D eigenvalue weighted by Crippen LogP contribution is 2.01. The van der Waals surface area contributed by atoms with Crippen LogP contribution in [0.4, 0.5) is 0 Å². The Morgan fingerprint density at radius 2 is 2.25 bits per heavy atom. The maximum atomic E-state index is 11.1. The largest absolute Gasteiger partial charge is 0.413 e. The first-order valence-electron chi connectivity index (χ1n) is 3.13. The molecule has 4 nitrogen and oxygen atoms in total. The molecule has 12 heavy (non-hydrogen) atoms. The molecular weight excluding hydrogens is 273 g/mol.